The molecule has 2 aromatic carbocycles. The van der Waals surface area contributed by atoms with Gasteiger partial charge in [0.15, 0.2) is 0 Å². The van der Waals surface area contributed by atoms with Gasteiger partial charge in [-0.2, -0.15) is 0 Å². The molecule has 2 fully saturated rings. The molecule has 296 valence electrons. The summed E-state index contributed by atoms with van der Waals surface area (Å²) < 4.78 is 22.9. The fourth-order valence-corrected chi connectivity index (χ4v) is 6.69. The Morgan fingerprint density at radius 3 is 1.76 bits per heavy atom. The van der Waals surface area contributed by atoms with Gasteiger partial charge in [-0.1, -0.05) is 57.4 Å². The van der Waals surface area contributed by atoms with Crippen LogP contribution in [0.2, 0.25) is 0 Å². The number of alkyl halides is 1. The van der Waals surface area contributed by atoms with Crippen molar-refractivity contribution in [2.75, 3.05) is 49.9 Å². The Kier molecular flexibility index (Phi) is 16.8. The Labute approximate surface area is 329 Å². The molecule has 4 heterocycles. The van der Waals surface area contributed by atoms with E-state index in [1.54, 1.807) is 50.2 Å². The molecular weight excluding hydrogens is 774 g/mol. The third-order valence-corrected chi connectivity index (χ3v) is 10.2. The maximum atomic E-state index is 13.0. The highest BCUT2D eigenvalue weighted by Crippen LogP contribution is 2.23. The Bertz CT molecular complexity index is 1920. The van der Waals surface area contributed by atoms with Gasteiger partial charge in [0.2, 0.25) is 5.91 Å². The molecule has 3 aliphatic rings. The number of aryl methyl sites for hydroxylation is 2. The predicted octanol–water partition coefficient (Wildman–Crippen LogP) is 5.47. The number of carbonyl (C=O) groups is 4. The van der Waals surface area contributed by atoms with Gasteiger partial charge in [0.05, 0.1) is 24.6 Å². The van der Waals surface area contributed by atoms with Gasteiger partial charge in [-0.25, -0.2) is 23.9 Å². The average molecular weight is 825 g/mol. The molecule has 3 aromatic rings. The predicted molar refractivity (Wildman–Crippen MR) is 211 cm³/mol. The van der Waals surface area contributed by atoms with Gasteiger partial charge in [0.25, 0.3) is 11.5 Å². The highest BCUT2D eigenvalue weighted by Gasteiger charge is 2.34. The van der Waals surface area contributed by atoms with Crippen LogP contribution in [0.4, 0.5) is 5.69 Å². The van der Waals surface area contributed by atoms with Crippen LogP contribution >= 0.6 is 15.9 Å². The van der Waals surface area contributed by atoms with E-state index >= 15 is 0 Å². The zero-order chi connectivity index (χ0) is 39.9. The summed E-state index contributed by atoms with van der Waals surface area (Å²) in [7, 11) is 0. The Hall–Kier alpha value is -4.66. The Morgan fingerprint density at radius 2 is 1.25 bits per heavy atom. The number of hydrogen-bond acceptors (Lipinski definition) is 10. The summed E-state index contributed by atoms with van der Waals surface area (Å²) in [5.41, 5.74) is 1.58. The zero-order valence-corrected chi connectivity index (χ0v) is 33.5. The van der Waals surface area contributed by atoms with Crippen molar-refractivity contribution in [3.05, 3.63) is 104 Å². The van der Waals surface area contributed by atoms with Gasteiger partial charge < -0.3 is 18.9 Å². The molecule has 55 heavy (non-hydrogen) atoms. The Morgan fingerprint density at radius 1 is 0.745 bits per heavy atom. The molecule has 14 heteroatoms. The van der Waals surface area contributed by atoms with E-state index < -0.39 is 29.1 Å². The Balaban J connectivity index is 0.000000209. The summed E-state index contributed by atoms with van der Waals surface area (Å²) in [5, 5.41) is 1.15. The number of rotatable bonds is 9. The number of nitrogens with zero attached hydrogens (tertiary/aromatic N) is 3. The van der Waals surface area contributed by atoms with E-state index in [0.717, 1.165) is 57.9 Å². The first-order valence-electron chi connectivity index (χ1n) is 18.6. The molecule has 2 amide bonds. The SMILES string of the molecule is BrCC1CCOCC1.CCOC(=O)C1=CCC(=O)N(c2ccc(C)cc2)C1=O.CCOC(=O)c1cn(CC2CCOCC2)c(=O)n(-c2ccc(C)cc2)c1=O. The fourth-order valence-electron chi connectivity index (χ4n) is 6.05. The summed E-state index contributed by atoms with van der Waals surface area (Å²) in [5.74, 6) is -1.26. The van der Waals surface area contributed by atoms with E-state index in [-0.39, 0.29) is 42.6 Å². The number of imide groups is 1. The van der Waals surface area contributed by atoms with Crippen molar-refractivity contribution in [1.29, 1.82) is 0 Å². The number of anilines is 1. The van der Waals surface area contributed by atoms with Crippen LogP contribution in [0.3, 0.4) is 0 Å². The second kappa shape index (κ2) is 21.4. The van der Waals surface area contributed by atoms with Crippen LogP contribution < -0.4 is 16.1 Å². The number of ether oxygens (including phenoxy) is 4. The third kappa shape index (κ3) is 11.9. The van der Waals surface area contributed by atoms with E-state index in [1.165, 1.54) is 29.7 Å². The lowest BCUT2D eigenvalue weighted by Crippen LogP contribution is -2.42. The van der Waals surface area contributed by atoms with Crippen molar-refractivity contribution in [2.24, 2.45) is 11.8 Å². The molecule has 0 atom stereocenters. The lowest BCUT2D eigenvalue weighted by molar-refractivity contribution is -0.140. The molecule has 0 bridgehead atoms. The normalized spacial score (nSPS) is 16.2. The number of aromatic nitrogens is 2. The standard InChI is InChI=1S/C20H24N2O5.C15H15NO4.C6H11BrO/c1-3-27-19(24)17-13-21(12-15-8-10-26-11-9-15)20(25)22(18(17)23)16-6-4-14(2)5-7-16;1-3-20-15(19)12-8-9-13(17)16(14(12)18)11-6-4-10(2)5-7-11;7-5-6-1-3-8-4-2-6/h4-7,13,15H,3,8-12H2,1-2H3;4-8H,3,9H2,1-2H3;6H,1-5H2. The fraction of sp³-hybridized carbons (Fsp3) is 0.463. The highest BCUT2D eigenvalue weighted by molar-refractivity contribution is 9.09. The summed E-state index contributed by atoms with van der Waals surface area (Å²) in [4.78, 5) is 75.1. The van der Waals surface area contributed by atoms with E-state index in [0.29, 0.717) is 31.1 Å². The molecule has 0 N–H and O–H groups in total. The summed E-state index contributed by atoms with van der Waals surface area (Å²) in [6.07, 6.45) is 6.83. The molecule has 0 radical (unpaired) electrons. The van der Waals surface area contributed by atoms with Crippen molar-refractivity contribution >= 4 is 45.4 Å². The van der Waals surface area contributed by atoms with Gasteiger partial charge >= 0.3 is 17.6 Å². The van der Waals surface area contributed by atoms with Crippen LogP contribution in [-0.2, 0) is 39.9 Å². The summed E-state index contributed by atoms with van der Waals surface area (Å²) in [6.45, 7) is 11.2. The summed E-state index contributed by atoms with van der Waals surface area (Å²) in [6, 6.07) is 14.0. The highest BCUT2D eigenvalue weighted by atomic mass is 79.9. The molecule has 3 aliphatic heterocycles. The first kappa shape index (κ1) is 43.1. The second-order valence-corrected chi connectivity index (χ2v) is 14.0. The van der Waals surface area contributed by atoms with E-state index in [4.69, 9.17) is 18.9 Å². The molecule has 13 nitrogen and oxygen atoms in total. The molecule has 2 saturated heterocycles. The molecular formula is C41H50BrN3O10. The van der Waals surface area contributed by atoms with Crippen molar-refractivity contribution in [3.63, 3.8) is 0 Å². The number of carbonyl (C=O) groups excluding carboxylic acids is 4. The largest absolute Gasteiger partial charge is 0.462 e. The van der Waals surface area contributed by atoms with Gasteiger partial charge in [-0.05, 0) is 89.5 Å². The van der Waals surface area contributed by atoms with Crippen LogP contribution in [0.5, 0.6) is 0 Å². The molecule has 0 spiro atoms. The lowest BCUT2D eigenvalue weighted by Gasteiger charge is -2.24. The van der Waals surface area contributed by atoms with Gasteiger partial charge in [-0.3, -0.25) is 19.0 Å². The molecule has 6 rings (SSSR count). The number of esters is 2. The van der Waals surface area contributed by atoms with Crippen LogP contribution in [0, 0.1) is 25.7 Å². The van der Waals surface area contributed by atoms with Crippen molar-refractivity contribution < 1.29 is 38.1 Å². The van der Waals surface area contributed by atoms with Crippen LogP contribution in [0.1, 0.15) is 67.4 Å². The van der Waals surface area contributed by atoms with Crippen molar-refractivity contribution in [2.45, 2.75) is 66.3 Å². The number of halogens is 1. The summed E-state index contributed by atoms with van der Waals surface area (Å²) >= 11 is 3.46. The number of amides is 2. The zero-order valence-electron chi connectivity index (χ0n) is 31.9. The first-order chi connectivity index (χ1) is 26.5. The van der Waals surface area contributed by atoms with E-state index in [9.17, 15) is 28.8 Å². The minimum atomic E-state index is -0.718. The topological polar surface area (TPSA) is 152 Å². The minimum absolute atomic E-state index is 0.00770. The van der Waals surface area contributed by atoms with Gasteiger partial charge in [0.1, 0.15) is 11.1 Å². The van der Waals surface area contributed by atoms with Gasteiger partial charge in [0, 0.05) is 50.9 Å². The van der Waals surface area contributed by atoms with E-state index in [1.807, 2.05) is 26.0 Å². The van der Waals surface area contributed by atoms with E-state index in [2.05, 4.69) is 15.9 Å². The molecule has 0 aliphatic carbocycles. The number of hydrogen-bond donors (Lipinski definition) is 0. The monoisotopic (exact) mass is 823 g/mol. The molecule has 1 aromatic heterocycles. The molecule has 0 saturated carbocycles. The van der Waals surface area contributed by atoms with Crippen LogP contribution in [-0.4, -0.2) is 77.9 Å². The minimum Gasteiger partial charge on any atom is -0.462 e. The first-order valence-corrected chi connectivity index (χ1v) is 19.7. The second-order valence-electron chi connectivity index (χ2n) is 13.4. The molecule has 0 unspecified atom stereocenters. The van der Waals surface area contributed by atoms with Crippen LogP contribution in [0.25, 0.3) is 5.69 Å². The third-order valence-electron chi connectivity index (χ3n) is 9.25. The van der Waals surface area contributed by atoms with Crippen molar-refractivity contribution in [3.8, 4) is 5.69 Å². The maximum Gasteiger partial charge on any atom is 0.345 e. The quantitative estimate of drug-likeness (QED) is 0.118. The lowest BCUT2D eigenvalue weighted by atomic mass is 10.0. The smallest absolute Gasteiger partial charge is 0.345 e. The average Bonchev–Trinajstić information content (AvgIpc) is 3.19. The number of benzene rings is 2. The van der Waals surface area contributed by atoms with Crippen LogP contribution in [0.15, 0.2) is 76.0 Å². The van der Waals surface area contributed by atoms with Gasteiger partial charge in [-0.15, -0.1) is 0 Å². The van der Waals surface area contributed by atoms with Crippen molar-refractivity contribution in [1.82, 2.24) is 9.13 Å². The maximum absolute atomic E-state index is 13.0.